The largest absolute Gasteiger partial charge is 0.467 e. The Morgan fingerprint density at radius 3 is 2.47 bits per heavy atom. The van der Waals surface area contributed by atoms with E-state index in [9.17, 15) is 9.59 Å². The van der Waals surface area contributed by atoms with Gasteiger partial charge in [0.2, 0.25) is 11.8 Å². The number of carbonyl (C=O) groups excluding carboxylic acids is 2. The molecule has 1 aliphatic heterocycles. The minimum Gasteiger partial charge on any atom is -0.467 e. The number of rotatable bonds is 5. The molecule has 0 radical (unpaired) electrons. The van der Waals surface area contributed by atoms with Crippen LogP contribution in [0, 0.1) is 5.92 Å². The molecule has 3 heterocycles. The molecule has 2 fully saturated rings. The Morgan fingerprint density at radius 2 is 1.77 bits per heavy atom. The zero-order chi connectivity index (χ0) is 20.2. The van der Waals surface area contributed by atoms with Crippen LogP contribution in [0.25, 0.3) is 5.69 Å². The van der Waals surface area contributed by atoms with Crippen LogP contribution in [0.1, 0.15) is 43.2 Å². The molecule has 152 valence electrons. The Hall–Kier alpha value is -3.28. The second-order valence-electron chi connectivity index (χ2n) is 8.45. The summed E-state index contributed by atoms with van der Waals surface area (Å²) in [6, 6.07) is 15.5. The fraction of sp³-hybridized carbons (Fsp3) is 0.333. The van der Waals surface area contributed by atoms with Gasteiger partial charge in [0.05, 0.1) is 23.3 Å². The molecule has 3 aromatic rings. The predicted molar refractivity (Wildman–Crippen MR) is 111 cm³/mol. The van der Waals surface area contributed by atoms with Crippen LogP contribution in [0.4, 0.5) is 5.69 Å². The van der Waals surface area contributed by atoms with Crippen molar-refractivity contribution >= 4 is 17.5 Å². The average Bonchev–Trinajstić information content (AvgIpc) is 3.68. The van der Waals surface area contributed by atoms with Gasteiger partial charge in [0.15, 0.2) is 0 Å². The fourth-order valence-electron chi connectivity index (χ4n) is 4.54. The smallest absolute Gasteiger partial charge is 0.247 e. The molecule has 0 saturated heterocycles. The first kappa shape index (κ1) is 17.6. The number of carbonyl (C=O) groups is 2. The molecule has 1 aromatic carbocycles. The Labute approximate surface area is 174 Å². The number of furan rings is 1. The molecule has 1 unspecified atom stereocenters. The molecular formula is C24H23N3O3. The summed E-state index contributed by atoms with van der Waals surface area (Å²) < 4.78 is 7.88. The standard InChI is InChI=1S/C24H23N3O3/c28-22(15-26(17-11-12-17)24(29)16-9-10-16)27-19-6-2-1-5-18(19)25-13-3-7-20(25)23(27)21-8-4-14-30-21/h1-8,13-14,16-17,23H,9-12,15H2. The van der Waals surface area contributed by atoms with Gasteiger partial charge in [-0.05, 0) is 62.1 Å². The second-order valence-corrected chi connectivity index (χ2v) is 8.45. The highest BCUT2D eigenvalue weighted by molar-refractivity contribution is 6.00. The second kappa shape index (κ2) is 6.62. The third-order valence-electron chi connectivity index (χ3n) is 6.30. The van der Waals surface area contributed by atoms with Gasteiger partial charge >= 0.3 is 0 Å². The van der Waals surface area contributed by atoms with E-state index in [1.54, 1.807) is 6.26 Å². The third kappa shape index (κ3) is 2.78. The van der Waals surface area contributed by atoms with Crippen LogP contribution >= 0.6 is 0 Å². The summed E-state index contributed by atoms with van der Waals surface area (Å²) in [4.78, 5) is 30.3. The summed E-state index contributed by atoms with van der Waals surface area (Å²) in [5.74, 6) is 0.903. The van der Waals surface area contributed by atoms with E-state index in [-0.39, 0.29) is 36.4 Å². The molecule has 6 rings (SSSR count). The molecule has 0 bridgehead atoms. The van der Waals surface area contributed by atoms with Crippen LogP contribution in [0.2, 0.25) is 0 Å². The molecule has 30 heavy (non-hydrogen) atoms. The van der Waals surface area contributed by atoms with Gasteiger partial charge in [-0.25, -0.2) is 0 Å². The van der Waals surface area contributed by atoms with Gasteiger partial charge in [-0.1, -0.05) is 12.1 Å². The zero-order valence-corrected chi connectivity index (χ0v) is 16.6. The summed E-state index contributed by atoms with van der Waals surface area (Å²) in [5.41, 5.74) is 2.77. The van der Waals surface area contributed by atoms with Gasteiger partial charge in [0.1, 0.15) is 18.3 Å². The van der Waals surface area contributed by atoms with Crippen molar-refractivity contribution < 1.29 is 14.0 Å². The number of nitrogens with zero attached hydrogens (tertiary/aromatic N) is 3. The molecule has 6 nitrogen and oxygen atoms in total. The van der Waals surface area contributed by atoms with Crippen molar-refractivity contribution in [1.82, 2.24) is 9.47 Å². The predicted octanol–water partition coefficient (Wildman–Crippen LogP) is 3.91. The summed E-state index contributed by atoms with van der Waals surface area (Å²) >= 11 is 0. The highest BCUT2D eigenvalue weighted by Crippen LogP contribution is 2.43. The molecule has 1 atom stereocenters. The maximum Gasteiger partial charge on any atom is 0.247 e. The van der Waals surface area contributed by atoms with Gasteiger partial charge in [0.25, 0.3) is 0 Å². The maximum atomic E-state index is 13.8. The highest BCUT2D eigenvalue weighted by Gasteiger charge is 2.43. The van der Waals surface area contributed by atoms with E-state index in [2.05, 4.69) is 4.57 Å². The van der Waals surface area contributed by atoms with E-state index < -0.39 is 0 Å². The molecule has 3 aliphatic rings. The molecule has 6 heteroatoms. The van der Waals surface area contributed by atoms with E-state index in [0.29, 0.717) is 5.76 Å². The van der Waals surface area contributed by atoms with Crippen molar-refractivity contribution in [1.29, 1.82) is 0 Å². The number of fused-ring (bicyclic) bond motifs is 3. The van der Waals surface area contributed by atoms with E-state index in [1.807, 2.05) is 64.5 Å². The summed E-state index contributed by atoms with van der Waals surface area (Å²) in [5, 5.41) is 0. The van der Waals surface area contributed by atoms with Crippen LogP contribution in [-0.2, 0) is 9.59 Å². The van der Waals surface area contributed by atoms with Crippen LogP contribution in [0.3, 0.4) is 0 Å². The van der Waals surface area contributed by atoms with Gasteiger partial charge in [-0.15, -0.1) is 0 Å². The van der Waals surface area contributed by atoms with Gasteiger partial charge in [-0.2, -0.15) is 0 Å². The van der Waals surface area contributed by atoms with E-state index in [4.69, 9.17) is 4.42 Å². The minimum absolute atomic E-state index is 0.0720. The van der Waals surface area contributed by atoms with Gasteiger partial charge in [-0.3, -0.25) is 14.5 Å². The maximum absolute atomic E-state index is 13.8. The minimum atomic E-state index is -0.366. The lowest BCUT2D eigenvalue weighted by atomic mass is 10.0. The molecule has 0 spiro atoms. The summed E-state index contributed by atoms with van der Waals surface area (Å²) in [6.45, 7) is 0.117. The number of amides is 2. The molecule has 2 amide bonds. The third-order valence-corrected chi connectivity index (χ3v) is 6.30. The number of aromatic nitrogens is 1. The van der Waals surface area contributed by atoms with Crippen molar-refractivity contribution in [2.45, 2.75) is 37.8 Å². The SMILES string of the molecule is O=C(C1CC1)N(CC(=O)N1c2ccccc2-n2cccc2C1c1ccco1)C1CC1. The molecular weight excluding hydrogens is 378 g/mol. The van der Waals surface area contributed by atoms with Crippen LogP contribution < -0.4 is 4.90 Å². The lowest BCUT2D eigenvalue weighted by molar-refractivity contribution is -0.137. The summed E-state index contributed by atoms with van der Waals surface area (Å²) in [7, 11) is 0. The number of para-hydroxylation sites is 2. The summed E-state index contributed by atoms with van der Waals surface area (Å²) in [6.07, 6.45) is 7.54. The molecule has 2 aromatic heterocycles. The monoisotopic (exact) mass is 401 g/mol. The van der Waals surface area contributed by atoms with E-state index in [0.717, 1.165) is 42.8 Å². The number of hydrogen-bond acceptors (Lipinski definition) is 3. The van der Waals surface area contributed by atoms with Crippen LogP contribution in [0.15, 0.2) is 65.4 Å². The molecule has 2 saturated carbocycles. The Bertz CT molecular complexity index is 1110. The van der Waals surface area contributed by atoms with Crippen molar-refractivity contribution in [3.8, 4) is 5.69 Å². The quantitative estimate of drug-likeness (QED) is 0.651. The van der Waals surface area contributed by atoms with Crippen molar-refractivity contribution in [3.05, 3.63) is 72.4 Å². The van der Waals surface area contributed by atoms with Crippen molar-refractivity contribution in [3.63, 3.8) is 0 Å². The lowest BCUT2D eigenvalue weighted by Crippen LogP contribution is -2.47. The number of hydrogen-bond donors (Lipinski definition) is 0. The Balaban J connectivity index is 1.42. The van der Waals surface area contributed by atoms with Crippen LogP contribution in [0.5, 0.6) is 0 Å². The van der Waals surface area contributed by atoms with Crippen molar-refractivity contribution in [2.24, 2.45) is 5.92 Å². The lowest BCUT2D eigenvalue weighted by Gasteiger charge is -2.38. The fourth-order valence-corrected chi connectivity index (χ4v) is 4.54. The normalized spacial score (nSPS) is 19.9. The van der Waals surface area contributed by atoms with E-state index in [1.165, 1.54) is 0 Å². The average molecular weight is 401 g/mol. The number of benzene rings is 1. The zero-order valence-electron chi connectivity index (χ0n) is 16.6. The van der Waals surface area contributed by atoms with Gasteiger partial charge in [0, 0.05) is 18.2 Å². The Morgan fingerprint density at radius 1 is 0.967 bits per heavy atom. The van der Waals surface area contributed by atoms with Gasteiger partial charge < -0.3 is 13.9 Å². The molecule has 0 N–H and O–H groups in total. The molecule has 2 aliphatic carbocycles. The van der Waals surface area contributed by atoms with E-state index >= 15 is 0 Å². The first-order chi connectivity index (χ1) is 14.7. The first-order valence-electron chi connectivity index (χ1n) is 10.6. The Kier molecular flexibility index (Phi) is 3.88. The number of anilines is 1. The first-order valence-corrected chi connectivity index (χ1v) is 10.6. The van der Waals surface area contributed by atoms with Crippen molar-refractivity contribution in [2.75, 3.05) is 11.4 Å². The van der Waals surface area contributed by atoms with Crippen LogP contribution in [-0.4, -0.2) is 33.9 Å². The topological polar surface area (TPSA) is 58.7 Å². The highest BCUT2D eigenvalue weighted by atomic mass is 16.3.